The van der Waals surface area contributed by atoms with Crippen LogP contribution in [0.4, 0.5) is 5.82 Å². The summed E-state index contributed by atoms with van der Waals surface area (Å²) in [6.07, 6.45) is 0.814. The van der Waals surface area contributed by atoms with Crippen LogP contribution < -0.4 is 14.8 Å². The van der Waals surface area contributed by atoms with Crippen LogP contribution in [0.5, 0.6) is 11.5 Å². The lowest BCUT2D eigenvalue weighted by molar-refractivity contribution is 0.102. The number of rotatable bonds is 3. The quantitative estimate of drug-likeness (QED) is 0.734. The summed E-state index contributed by atoms with van der Waals surface area (Å²) in [5.41, 5.74) is 2.03. The minimum Gasteiger partial charge on any atom is -0.490 e. The molecule has 0 saturated carbocycles. The number of benzene rings is 2. The van der Waals surface area contributed by atoms with Gasteiger partial charge in [-0.25, -0.2) is 4.68 Å². The summed E-state index contributed by atoms with van der Waals surface area (Å²) >= 11 is 6.08. The average molecular weight is 384 g/mol. The number of anilines is 1. The third-order valence-corrected chi connectivity index (χ3v) is 4.37. The van der Waals surface area contributed by atoms with Gasteiger partial charge in [-0.1, -0.05) is 17.7 Å². The molecule has 0 radical (unpaired) electrons. The number of ether oxygens (including phenoxy) is 2. The summed E-state index contributed by atoms with van der Waals surface area (Å²) in [4.78, 5) is 12.8. The van der Waals surface area contributed by atoms with Crippen LogP contribution in [0.2, 0.25) is 5.02 Å². The molecule has 2 aromatic carbocycles. The molecule has 1 amide bonds. The first-order valence-corrected chi connectivity index (χ1v) is 9.01. The van der Waals surface area contributed by atoms with Crippen LogP contribution in [-0.2, 0) is 0 Å². The fourth-order valence-corrected chi connectivity index (χ4v) is 3.07. The Morgan fingerprint density at radius 3 is 2.74 bits per heavy atom. The van der Waals surface area contributed by atoms with E-state index in [0.29, 0.717) is 41.1 Å². The van der Waals surface area contributed by atoms with E-state index in [4.69, 9.17) is 21.1 Å². The third-order valence-electron chi connectivity index (χ3n) is 4.14. The van der Waals surface area contributed by atoms with E-state index in [1.54, 1.807) is 35.0 Å². The van der Waals surface area contributed by atoms with E-state index in [0.717, 1.165) is 17.8 Å². The largest absolute Gasteiger partial charge is 0.490 e. The minimum atomic E-state index is -0.256. The number of carbonyl (C=O) groups is 1. The Balaban J connectivity index is 1.61. The van der Waals surface area contributed by atoms with Gasteiger partial charge in [-0.2, -0.15) is 5.10 Å². The molecule has 1 aromatic heterocycles. The zero-order valence-electron chi connectivity index (χ0n) is 14.7. The van der Waals surface area contributed by atoms with Crippen molar-refractivity contribution in [2.45, 2.75) is 13.3 Å². The molecular formula is C20H18ClN3O3. The smallest absolute Gasteiger partial charge is 0.256 e. The van der Waals surface area contributed by atoms with Crippen LogP contribution in [0.1, 0.15) is 22.5 Å². The summed E-state index contributed by atoms with van der Waals surface area (Å²) in [7, 11) is 0. The number of halogens is 1. The topological polar surface area (TPSA) is 65.4 Å². The van der Waals surface area contributed by atoms with E-state index in [2.05, 4.69) is 10.4 Å². The van der Waals surface area contributed by atoms with Crippen molar-refractivity contribution < 1.29 is 14.3 Å². The molecule has 4 rings (SSSR count). The number of hydrogen-bond donors (Lipinski definition) is 1. The molecule has 0 saturated heterocycles. The molecule has 3 aromatic rings. The third kappa shape index (κ3) is 3.75. The normalized spacial score (nSPS) is 13.1. The highest BCUT2D eigenvalue weighted by Gasteiger charge is 2.16. The highest BCUT2D eigenvalue weighted by molar-refractivity contribution is 6.30. The Hall–Kier alpha value is -2.99. The second kappa shape index (κ2) is 7.32. The first kappa shape index (κ1) is 17.4. The van der Waals surface area contributed by atoms with Crippen molar-refractivity contribution in [3.8, 4) is 17.2 Å². The molecule has 138 valence electrons. The lowest BCUT2D eigenvalue weighted by atomic mass is 10.2. The van der Waals surface area contributed by atoms with E-state index in [1.165, 1.54) is 0 Å². The van der Waals surface area contributed by atoms with Gasteiger partial charge >= 0.3 is 0 Å². The highest BCUT2D eigenvalue weighted by Crippen LogP contribution is 2.31. The van der Waals surface area contributed by atoms with Crippen LogP contribution in [0.25, 0.3) is 5.69 Å². The zero-order chi connectivity index (χ0) is 18.8. The molecular weight excluding hydrogens is 366 g/mol. The lowest BCUT2D eigenvalue weighted by Gasteiger charge is -2.11. The van der Waals surface area contributed by atoms with Crippen LogP contribution in [0.3, 0.4) is 0 Å². The minimum absolute atomic E-state index is 0.256. The second-order valence-electron chi connectivity index (χ2n) is 6.23. The Morgan fingerprint density at radius 1 is 1.11 bits per heavy atom. The molecule has 27 heavy (non-hydrogen) atoms. The predicted octanol–water partition coefficient (Wildman–Crippen LogP) is 4.25. The van der Waals surface area contributed by atoms with Gasteiger partial charge < -0.3 is 14.8 Å². The molecule has 1 aliphatic heterocycles. The van der Waals surface area contributed by atoms with Crippen LogP contribution in [0.15, 0.2) is 48.5 Å². The lowest BCUT2D eigenvalue weighted by Crippen LogP contribution is -2.15. The summed E-state index contributed by atoms with van der Waals surface area (Å²) in [6.45, 7) is 3.04. The van der Waals surface area contributed by atoms with Crippen molar-refractivity contribution in [1.82, 2.24) is 9.78 Å². The van der Waals surface area contributed by atoms with Gasteiger partial charge in [0.2, 0.25) is 0 Å². The number of amides is 1. The Kier molecular flexibility index (Phi) is 4.73. The Labute approximate surface area is 161 Å². The van der Waals surface area contributed by atoms with Gasteiger partial charge in [-0.3, -0.25) is 4.79 Å². The number of hydrogen-bond acceptors (Lipinski definition) is 4. The van der Waals surface area contributed by atoms with Crippen molar-refractivity contribution in [2.75, 3.05) is 18.5 Å². The highest BCUT2D eigenvalue weighted by atomic mass is 35.5. The standard InChI is InChI=1S/C20H18ClN3O3/c1-13-10-19(24(23-13)16-5-2-4-15(21)12-16)22-20(25)14-6-7-17-18(11-14)27-9-3-8-26-17/h2,4-7,10-12H,3,8-9H2,1H3,(H,22,25). The molecule has 0 unspecified atom stereocenters. The Bertz CT molecular complexity index is 1000. The van der Waals surface area contributed by atoms with Gasteiger partial charge in [-0.15, -0.1) is 0 Å². The molecule has 1 aliphatic rings. The summed E-state index contributed by atoms with van der Waals surface area (Å²) in [6, 6.07) is 14.3. The van der Waals surface area contributed by atoms with Crippen LogP contribution in [-0.4, -0.2) is 28.9 Å². The van der Waals surface area contributed by atoms with E-state index in [-0.39, 0.29) is 5.91 Å². The maximum absolute atomic E-state index is 12.8. The molecule has 7 heteroatoms. The SMILES string of the molecule is Cc1cc(NC(=O)c2ccc3c(c2)OCCCO3)n(-c2cccc(Cl)c2)n1. The van der Waals surface area contributed by atoms with Gasteiger partial charge in [0, 0.05) is 23.1 Å². The average Bonchev–Trinajstić information content (AvgIpc) is 2.87. The zero-order valence-corrected chi connectivity index (χ0v) is 15.5. The maximum Gasteiger partial charge on any atom is 0.256 e. The fraction of sp³-hybridized carbons (Fsp3) is 0.200. The molecule has 0 atom stereocenters. The first-order chi connectivity index (χ1) is 13.1. The van der Waals surface area contributed by atoms with E-state index in [9.17, 15) is 4.79 Å². The monoisotopic (exact) mass is 383 g/mol. The second-order valence-corrected chi connectivity index (χ2v) is 6.67. The van der Waals surface area contributed by atoms with Gasteiger partial charge in [-0.05, 0) is 43.3 Å². The Morgan fingerprint density at radius 2 is 1.93 bits per heavy atom. The van der Waals surface area contributed by atoms with Crippen LogP contribution >= 0.6 is 11.6 Å². The van der Waals surface area contributed by atoms with Crippen molar-refractivity contribution in [3.63, 3.8) is 0 Å². The van der Waals surface area contributed by atoms with Crippen molar-refractivity contribution >= 4 is 23.3 Å². The summed E-state index contributed by atoms with van der Waals surface area (Å²) in [5, 5.41) is 7.96. The maximum atomic E-state index is 12.8. The van der Waals surface area contributed by atoms with E-state index >= 15 is 0 Å². The molecule has 0 fully saturated rings. The molecule has 0 bridgehead atoms. The molecule has 0 spiro atoms. The van der Waals surface area contributed by atoms with Crippen LogP contribution in [0, 0.1) is 6.92 Å². The number of fused-ring (bicyclic) bond motifs is 1. The van der Waals surface area contributed by atoms with E-state index in [1.807, 2.05) is 25.1 Å². The predicted molar refractivity (Wildman–Crippen MR) is 103 cm³/mol. The van der Waals surface area contributed by atoms with Gasteiger partial charge in [0.25, 0.3) is 5.91 Å². The summed E-state index contributed by atoms with van der Waals surface area (Å²) < 4.78 is 12.9. The van der Waals surface area contributed by atoms with Crippen molar-refractivity contribution in [1.29, 1.82) is 0 Å². The number of aryl methyl sites for hydroxylation is 1. The van der Waals surface area contributed by atoms with Crippen molar-refractivity contribution in [2.24, 2.45) is 0 Å². The number of nitrogens with one attached hydrogen (secondary N) is 1. The molecule has 6 nitrogen and oxygen atoms in total. The first-order valence-electron chi connectivity index (χ1n) is 8.64. The van der Waals surface area contributed by atoms with Gasteiger partial charge in [0.05, 0.1) is 24.6 Å². The number of nitrogens with zero attached hydrogens (tertiary/aromatic N) is 2. The van der Waals surface area contributed by atoms with Crippen molar-refractivity contribution in [3.05, 3.63) is 64.8 Å². The van der Waals surface area contributed by atoms with Gasteiger partial charge in [0.15, 0.2) is 11.5 Å². The van der Waals surface area contributed by atoms with Gasteiger partial charge in [0.1, 0.15) is 5.82 Å². The molecule has 2 heterocycles. The number of carbonyl (C=O) groups excluding carboxylic acids is 1. The molecule has 1 N–H and O–H groups in total. The fourth-order valence-electron chi connectivity index (χ4n) is 2.89. The molecule has 0 aliphatic carbocycles. The summed E-state index contributed by atoms with van der Waals surface area (Å²) in [5.74, 6) is 1.55. The van der Waals surface area contributed by atoms with E-state index < -0.39 is 0 Å². The number of aromatic nitrogens is 2.